The third kappa shape index (κ3) is 4.36. The van der Waals surface area contributed by atoms with E-state index in [0.29, 0.717) is 43.7 Å². The monoisotopic (exact) mass is 402 g/mol. The lowest BCUT2D eigenvalue weighted by Crippen LogP contribution is -2.47. The van der Waals surface area contributed by atoms with Gasteiger partial charge in [-0.05, 0) is 59.9 Å². The molecule has 0 atom stereocenters. The molecule has 4 rings (SSSR count). The number of carbonyl (C=O) groups excluding carboxylic acids is 1. The first-order chi connectivity index (χ1) is 14.6. The highest BCUT2D eigenvalue weighted by atomic mass is 16.5. The number of ether oxygens (including phenoxy) is 1. The zero-order chi connectivity index (χ0) is 21.0. The molecule has 1 N–H and O–H groups in total. The van der Waals surface area contributed by atoms with E-state index in [1.165, 1.54) is 0 Å². The van der Waals surface area contributed by atoms with Crippen LogP contribution in [-0.2, 0) is 6.42 Å². The fraction of sp³-hybridized carbons (Fsp3) is 0.280. The van der Waals surface area contributed by atoms with Crippen molar-refractivity contribution in [1.29, 1.82) is 0 Å². The summed E-state index contributed by atoms with van der Waals surface area (Å²) >= 11 is 0. The molecule has 0 unspecified atom stereocenters. The van der Waals surface area contributed by atoms with Crippen LogP contribution in [0.3, 0.4) is 0 Å². The minimum Gasteiger partial charge on any atom is -0.497 e. The lowest BCUT2D eigenvalue weighted by Gasteiger charge is -2.38. The Labute approximate surface area is 177 Å². The van der Waals surface area contributed by atoms with Crippen molar-refractivity contribution in [3.05, 3.63) is 84.2 Å². The number of hydrogen-bond acceptors (Lipinski definition) is 4. The summed E-state index contributed by atoms with van der Waals surface area (Å²) in [6.07, 6.45) is 5.17. The van der Waals surface area contributed by atoms with E-state index < -0.39 is 5.60 Å². The van der Waals surface area contributed by atoms with Gasteiger partial charge >= 0.3 is 0 Å². The summed E-state index contributed by atoms with van der Waals surface area (Å²) in [5.41, 5.74) is 2.74. The van der Waals surface area contributed by atoms with Crippen molar-refractivity contribution in [3.63, 3.8) is 0 Å². The summed E-state index contributed by atoms with van der Waals surface area (Å²) in [4.78, 5) is 19.3. The van der Waals surface area contributed by atoms with Gasteiger partial charge in [0.25, 0.3) is 5.91 Å². The molecule has 154 valence electrons. The van der Waals surface area contributed by atoms with Crippen molar-refractivity contribution in [2.45, 2.75) is 24.9 Å². The largest absolute Gasteiger partial charge is 0.497 e. The molecule has 0 saturated carbocycles. The average Bonchev–Trinajstić information content (AvgIpc) is 2.80. The molecule has 0 radical (unpaired) electrons. The highest BCUT2D eigenvalue weighted by Gasteiger charge is 2.34. The van der Waals surface area contributed by atoms with Crippen LogP contribution in [0, 0.1) is 0 Å². The minimum absolute atomic E-state index is 0.0394. The second-order valence-corrected chi connectivity index (χ2v) is 7.83. The van der Waals surface area contributed by atoms with Gasteiger partial charge in [0.1, 0.15) is 5.75 Å². The Hall–Kier alpha value is -3.18. The van der Waals surface area contributed by atoms with Crippen LogP contribution in [0.25, 0.3) is 11.1 Å². The molecule has 30 heavy (non-hydrogen) atoms. The number of carbonyl (C=O) groups is 1. The van der Waals surface area contributed by atoms with E-state index in [-0.39, 0.29) is 5.91 Å². The molecular weight excluding hydrogens is 376 g/mol. The predicted octanol–water partition coefficient (Wildman–Crippen LogP) is 3.97. The lowest BCUT2D eigenvalue weighted by atomic mass is 9.85. The Kier molecular flexibility index (Phi) is 5.81. The van der Waals surface area contributed by atoms with Gasteiger partial charge in [-0.3, -0.25) is 9.78 Å². The maximum atomic E-state index is 13.4. The van der Waals surface area contributed by atoms with Gasteiger partial charge in [0.15, 0.2) is 0 Å². The summed E-state index contributed by atoms with van der Waals surface area (Å²) in [5, 5.41) is 11.0. The Bertz CT molecular complexity index is 997. The summed E-state index contributed by atoms with van der Waals surface area (Å²) in [6.45, 7) is 1.05. The SMILES string of the molecule is COc1ccc(-c2ccncc2)c(C(=O)N2CCC(O)(Cc3ccccc3)CC2)c1. The smallest absolute Gasteiger partial charge is 0.254 e. The predicted molar refractivity (Wildman–Crippen MR) is 116 cm³/mol. The number of nitrogens with zero attached hydrogens (tertiary/aromatic N) is 2. The van der Waals surface area contributed by atoms with Gasteiger partial charge < -0.3 is 14.7 Å². The Morgan fingerprint density at radius 2 is 1.77 bits per heavy atom. The summed E-state index contributed by atoms with van der Waals surface area (Å²) in [6, 6.07) is 19.4. The van der Waals surface area contributed by atoms with Crippen molar-refractivity contribution in [1.82, 2.24) is 9.88 Å². The van der Waals surface area contributed by atoms with Gasteiger partial charge in [-0.1, -0.05) is 30.3 Å². The van der Waals surface area contributed by atoms with Crippen LogP contribution in [-0.4, -0.2) is 46.7 Å². The number of likely N-dealkylation sites (tertiary alicyclic amines) is 1. The van der Waals surface area contributed by atoms with Crippen LogP contribution < -0.4 is 4.74 Å². The van der Waals surface area contributed by atoms with Crippen LogP contribution in [0.15, 0.2) is 73.1 Å². The number of methoxy groups -OCH3 is 1. The van der Waals surface area contributed by atoms with Crippen LogP contribution in [0.4, 0.5) is 0 Å². The first-order valence-electron chi connectivity index (χ1n) is 10.2. The zero-order valence-corrected chi connectivity index (χ0v) is 17.1. The van der Waals surface area contributed by atoms with Crippen LogP contribution in [0.2, 0.25) is 0 Å². The first-order valence-corrected chi connectivity index (χ1v) is 10.2. The van der Waals surface area contributed by atoms with Crippen molar-refractivity contribution in [2.24, 2.45) is 0 Å². The normalized spacial score (nSPS) is 15.6. The molecule has 0 bridgehead atoms. The van der Waals surface area contributed by atoms with Crippen LogP contribution in [0.5, 0.6) is 5.75 Å². The number of aliphatic hydroxyl groups is 1. The number of pyridine rings is 1. The maximum Gasteiger partial charge on any atom is 0.254 e. The van der Waals surface area contributed by atoms with Crippen molar-refractivity contribution < 1.29 is 14.6 Å². The van der Waals surface area contributed by atoms with E-state index in [1.54, 1.807) is 25.6 Å². The number of hydrogen-bond donors (Lipinski definition) is 1. The molecule has 5 heteroatoms. The van der Waals surface area contributed by atoms with E-state index in [9.17, 15) is 9.90 Å². The molecule has 1 fully saturated rings. The fourth-order valence-electron chi connectivity index (χ4n) is 4.06. The molecule has 1 aromatic heterocycles. The molecule has 2 aromatic carbocycles. The minimum atomic E-state index is -0.777. The third-order valence-corrected chi connectivity index (χ3v) is 5.81. The number of benzene rings is 2. The van der Waals surface area contributed by atoms with Gasteiger partial charge in [0, 0.05) is 31.9 Å². The van der Waals surface area contributed by atoms with E-state index in [0.717, 1.165) is 16.7 Å². The quantitative estimate of drug-likeness (QED) is 0.702. The van der Waals surface area contributed by atoms with Crippen molar-refractivity contribution >= 4 is 5.91 Å². The number of amides is 1. The molecule has 1 aliphatic rings. The maximum absolute atomic E-state index is 13.4. The fourth-order valence-corrected chi connectivity index (χ4v) is 4.06. The van der Waals surface area contributed by atoms with Gasteiger partial charge in [-0.25, -0.2) is 0 Å². The highest BCUT2D eigenvalue weighted by molar-refractivity contribution is 6.01. The topological polar surface area (TPSA) is 62.7 Å². The summed E-state index contributed by atoms with van der Waals surface area (Å²) in [7, 11) is 1.60. The molecule has 1 saturated heterocycles. The standard InChI is InChI=1S/C25H26N2O3/c1-30-21-7-8-22(20-9-13-26-14-10-20)23(17-21)24(28)27-15-11-25(29,12-16-27)18-19-5-3-2-4-6-19/h2-10,13-14,17,29H,11-12,15-16,18H2,1H3. The number of aromatic nitrogens is 1. The Morgan fingerprint density at radius 1 is 1.07 bits per heavy atom. The molecule has 1 amide bonds. The van der Waals surface area contributed by atoms with Gasteiger partial charge in [0.2, 0.25) is 0 Å². The molecule has 1 aliphatic heterocycles. The Balaban J connectivity index is 1.53. The van der Waals surface area contributed by atoms with Crippen LogP contribution >= 0.6 is 0 Å². The molecule has 2 heterocycles. The highest BCUT2D eigenvalue weighted by Crippen LogP contribution is 2.31. The lowest BCUT2D eigenvalue weighted by molar-refractivity contribution is -0.0162. The second-order valence-electron chi connectivity index (χ2n) is 7.83. The first kappa shape index (κ1) is 20.1. The molecule has 0 spiro atoms. The van der Waals surface area contributed by atoms with E-state index in [2.05, 4.69) is 4.98 Å². The van der Waals surface area contributed by atoms with E-state index >= 15 is 0 Å². The number of piperidine rings is 1. The number of rotatable bonds is 5. The van der Waals surface area contributed by atoms with E-state index in [1.807, 2.05) is 59.5 Å². The van der Waals surface area contributed by atoms with Gasteiger partial charge in [-0.15, -0.1) is 0 Å². The van der Waals surface area contributed by atoms with Crippen molar-refractivity contribution in [2.75, 3.05) is 20.2 Å². The van der Waals surface area contributed by atoms with Gasteiger partial charge in [-0.2, -0.15) is 0 Å². The molecule has 5 nitrogen and oxygen atoms in total. The Morgan fingerprint density at radius 3 is 2.43 bits per heavy atom. The van der Waals surface area contributed by atoms with Crippen molar-refractivity contribution in [3.8, 4) is 16.9 Å². The zero-order valence-electron chi connectivity index (χ0n) is 17.1. The molecule has 3 aromatic rings. The van der Waals surface area contributed by atoms with Gasteiger partial charge in [0.05, 0.1) is 18.3 Å². The summed E-state index contributed by atoms with van der Waals surface area (Å²) in [5.74, 6) is 0.608. The average molecular weight is 402 g/mol. The van der Waals surface area contributed by atoms with Crippen LogP contribution in [0.1, 0.15) is 28.8 Å². The second kappa shape index (κ2) is 8.67. The molecular formula is C25H26N2O3. The molecule has 0 aliphatic carbocycles. The summed E-state index contributed by atoms with van der Waals surface area (Å²) < 4.78 is 5.36. The van der Waals surface area contributed by atoms with E-state index in [4.69, 9.17) is 4.74 Å². The third-order valence-electron chi connectivity index (χ3n) is 5.81.